The molecule has 0 atom stereocenters. The first kappa shape index (κ1) is 17.8. The molecule has 2 N–H and O–H groups in total. The van der Waals surface area contributed by atoms with E-state index in [1.54, 1.807) is 12.1 Å². The Morgan fingerprint density at radius 2 is 1.88 bits per heavy atom. The zero-order valence-electron chi connectivity index (χ0n) is 13.2. The highest BCUT2D eigenvalue weighted by atomic mass is 19.2. The third kappa shape index (κ3) is 4.47. The molecule has 0 fully saturated rings. The fourth-order valence-corrected chi connectivity index (χ4v) is 2.06. The number of carbonyl (C=O) groups excluding carboxylic acids is 1. The molecule has 2 aromatic rings. The zero-order valence-corrected chi connectivity index (χ0v) is 13.2. The summed E-state index contributed by atoms with van der Waals surface area (Å²) in [6, 6.07) is 4.85. The third-order valence-corrected chi connectivity index (χ3v) is 3.39. The fourth-order valence-electron chi connectivity index (χ4n) is 2.06. The molecule has 1 amide bonds. The van der Waals surface area contributed by atoms with Crippen LogP contribution < -0.4 is 10.6 Å². The van der Waals surface area contributed by atoms with Gasteiger partial charge in [0.05, 0.1) is 17.4 Å². The summed E-state index contributed by atoms with van der Waals surface area (Å²) in [4.78, 5) is 16.1. The number of hydrogen-bond donors (Lipinski definition) is 2. The van der Waals surface area contributed by atoms with E-state index in [0.29, 0.717) is 17.6 Å². The van der Waals surface area contributed by atoms with Gasteiger partial charge in [-0.3, -0.25) is 4.79 Å². The first-order valence-electron chi connectivity index (χ1n) is 7.67. The molecule has 0 aliphatic rings. The van der Waals surface area contributed by atoms with E-state index in [2.05, 4.69) is 22.5 Å². The number of halogens is 3. The molecule has 0 spiro atoms. The minimum Gasteiger partial charge on any atom is -0.370 e. The molecule has 2 rings (SSSR count). The van der Waals surface area contributed by atoms with Gasteiger partial charge < -0.3 is 10.6 Å². The third-order valence-electron chi connectivity index (χ3n) is 3.39. The molecule has 0 aliphatic heterocycles. The van der Waals surface area contributed by atoms with Gasteiger partial charge in [0.25, 0.3) is 5.91 Å². The summed E-state index contributed by atoms with van der Waals surface area (Å²) in [6.07, 6.45) is 4.69. The summed E-state index contributed by atoms with van der Waals surface area (Å²) in [5.74, 6) is -4.76. The van der Waals surface area contributed by atoms with Gasteiger partial charge in [0.15, 0.2) is 17.5 Å². The number of benzene rings is 1. The molecule has 0 unspecified atom stereocenters. The smallest absolute Gasteiger partial charge is 0.258 e. The SMILES string of the molecule is CCCCCNc1ccc(NC(=O)c2ccc(F)c(F)c2F)cn1. The number of nitrogens with one attached hydrogen (secondary N) is 2. The number of anilines is 2. The molecule has 1 aromatic heterocycles. The number of amides is 1. The second kappa shape index (κ2) is 8.33. The van der Waals surface area contributed by atoms with Crippen LogP contribution in [0.2, 0.25) is 0 Å². The maximum atomic E-state index is 13.6. The van der Waals surface area contributed by atoms with Crippen LogP contribution in [0.3, 0.4) is 0 Å². The average molecular weight is 337 g/mol. The van der Waals surface area contributed by atoms with Crippen LogP contribution in [0.1, 0.15) is 36.5 Å². The van der Waals surface area contributed by atoms with Gasteiger partial charge in [0.1, 0.15) is 5.82 Å². The standard InChI is InChI=1S/C17H18F3N3O/c1-2-3-4-9-21-14-8-5-11(10-22-14)23-17(24)12-6-7-13(18)16(20)15(12)19/h5-8,10H,2-4,9H2,1H3,(H,21,22)(H,23,24). The van der Waals surface area contributed by atoms with Gasteiger partial charge >= 0.3 is 0 Å². The molecule has 1 aromatic carbocycles. The number of rotatable bonds is 7. The molecule has 0 radical (unpaired) electrons. The van der Waals surface area contributed by atoms with E-state index < -0.39 is 28.9 Å². The Labute approximate surface area is 138 Å². The van der Waals surface area contributed by atoms with Gasteiger partial charge in [0.2, 0.25) is 0 Å². The summed E-state index contributed by atoms with van der Waals surface area (Å²) >= 11 is 0. The van der Waals surface area contributed by atoms with Crippen molar-refractivity contribution in [1.29, 1.82) is 0 Å². The first-order valence-corrected chi connectivity index (χ1v) is 7.67. The van der Waals surface area contributed by atoms with Crippen molar-refractivity contribution in [2.45, 2.75) is 26.2 Å². The van der Waals surface area contributed by atoms with Crippen molar-refractivity contribution in [1.82, 2.24) is 4.98 Å². The summed E-state index contributed by atoms with van der Waals surface area (Å²) in [5, 5.41) is 5.53. The Morgan fingerprint density at radius 1 is 1.08 bits per heavy atom. The minimum absolute atomic E-state index is 0.322. The van der Waals surface area contributed by atoms with Crippen molar-refractivity contribution in [2.75, 3.05) is 17.2 Å². The molecule has 24 heavy (non-hydrogen) atoms. The van der Waals surface area contributed by atoms with E-state index in [-0.39, 0.29) is 0 Å². The molecule has 0 aliphatic carbocycles. The number of pyridine rings is 1. The fraction of sp³-hybridized carbons (Fsp3) is 0.294. The summed E-state index contributed by atoms with van der Waals surface area (Å²) in [5.41, 5.74) is -0.251. The number of unbranched alkanes of at least 4 members (excludes halogenated alkanes) is 2. The lowest BCUT2D eigenvalue weighted by molar-refractivity contribution is 0.102. The van der Waals surface area contributed by atoms with E-state index in [9.17, 15) is 18.0 Å². The van der Waals surface area contributed by atoms with Crippen molar-refractivity contribution in [3.63, 3.8) is 0 Å². The lowest BCUT2D eigenvalue weighted by Gasteiger charge is -2.08. The highest BCUT2D eigenvalue weighted by molar-refractivity contribution is 6.04. The zero-order chi connectivity index (χ0) is 17.5. The van der Waals surface area contributed by atoms with Crippen LogP contribution in [0.25, 0.3) is 0 Å². The van der Waals surface area contributed by atoms with E-state index >= 15 is 0 Å². The predicted octanol–water partition coefficient (Wildman–Crippen LogP) is 4.35. The Morgan fingerprint density at radius 3 is 2.54 bits per heavy atom. The number of hydrogen-bond acceptors (Lipinski definition) is 3. The Bertz CT molecular complexity index is 705. The molecule has 7 heteroatoms. The molecular weight excluding hydrogens is 319 g/mol. The monoisotopic (exact) mass is 337 g/mol. The topological polar surface area (TPSA) is 54.0 Å². The van der Waals surface area contributed by atoms with Gasteiger partial charge in [0, 0.05) is 6.54 Å². The van der Waals surface area contributed by atoms with Crippen LogP contribution in [0.4, 0.5) is 24.7 Å². The van der Waals surface area contributed by atoms with Crippen LogP contribution in [-0.2, 0) is 0 Å². The summed E-state index contributed by atoms with van der Waals surface area (Å²) < 4.78 is 39.6. The van der Waals surface area contributed by atoms with Crippen LogP contribution in [0.15, 0.2) is 30.5 Å². The van der Waals surface area contributed by atoms with E-state index in [0.717, 1.165) is 31.9 Å². The van der Waals surface area contributed by atoms with Crippen molar-refractivity contribution >= 4 is 17.4 Å². The maximum Gasteiger partial charge on any atom is 0.258 e. The van der Waals surface area contributed by atoms with Gasteiger partial charge in [-0.15, -0.1) is 0 Å². The quantitative estimate of drug-likeness (QED) is 0.583. The number of nitrogens with zero attached hydrogens (tertiary/aromatic N) is 1. The summed E-state index contributed by atoms with van der Waals surface area (Å²) in [7, 11) is 0. The Hall–Kier alpha value is -2.57. The highest BCUT2D eigenvalue weighted by Gasteiger charge is 2.18. The van der Waals surface area contributed by atoms with Crippen molar-refractivity contribution in [3.05, 3.63) is 53.5 Å². The van der Waals surface area contributed by atoms with Crippen molar-refractivity contribution < 1.29 is 18.0 Å². The van der Waals surface area contributed by atoms with Gasteiger partial charge in [-0.25, -0.2) is 18.2 Å². The maximum absolute atomic E-state index is 13.6. The van der Waals surface area contributed by atoms with Gasteiger partial charge in [-0.1, -0.05) is 19.8 Å². The summed E-state index contributed by atoms with van der Waals surface area (Å²) in [6.45, 7) is 2.91. The number of carbonyl (C=O) groups is 1. The largest absolute Gasteiger partial charge is 0.370 e. The Balaban J connectivity index is 1.98. The second-order valence-electron chi connectivity index (χ2n) is 5.24. The first-order chi connectivity index (χ1) is 11.5. The Kier molecular flexibility index (Phi) is 6.17. The van der Waals surface area contributed by atoms with E-state index in [1.165, 1.54) is 6.20 Å². The average Bonchev–Trinajstić information content (AvgIpc) is 2.58. The molecule has 0 bridgehead atoms. The molecule has 0 saturated carbocycles. The van der Waals surface area contributed by atoms with Crippen LogP contribution >= 0.6 is 0 Å². The molecule has 4 nitrogen and oxygen atoms in total. The predicted molar refractivity (Wildman–Crippen MR) is 86.5 cm³/mol. The number of aromatic nitrogens is 1. The minimum atomic E-state index is -1.67. The molecular formula is C17H18F3N3O. The van der Waals surface area contributed by atoms with Crippen molar-refractivity contribution in [3.8, 4) is 0 Å². The van der Waals surface area contributed by atoms with E-state index in [1.807, 2.05) is 0 Å². The van der Waals surface area contributed by atoms with Crippen molar-refractivity contribution in [2.24, 2.45) is 0 Å². The lowest BCUT2D eigenvalue weighted by atomic mass is 10.2. The van der Waals surface area contributed by atoms with Crippen LogP contribution in [0.5, 0.6) is 0 Å². The van der Waals surface area contributed by atoms with Gasteiger partial charge in [-0.2, -0.15) is 0 Å². The second-order valence-corrected chi connectivity index (χ2v) is 5.24. The molecule has 0 saturated heterocycles. The lowest BCUT2D eigenvalue weighted by Crippen LogP contribution is -2.15. The highest BCUT2D eigenvalue weighted by Crippen LogP contribution is 2.17. The molecule has 128 valence electrons. The van der Waals surface area contributed by atoms with Gasteiger partial charge in [-0.05, 0) is 30.7 Å². The van der Waals surface area contributed by atoms with Crippen LogP contribution in [0, 0.1) is 17.5 Å². The van der Waals surface area contributed by atoms with Crippen LogP contribution in [-0.4, -0.2) is 17.4 Å². The normalized spacial score (nSPS) is 10.5. The van der Waals surface area contributed by atoms with E-state index in [4.69, 9.17) is 0 Å². The molecule has 1 heterocycles.